The summed E-state index contributed by atoms with van der Waals surface area (Å²) in [5.74, 6) is -0.0308. The maximum atomic E-state index is 13.9. The van der Waals surface area contributed by atoms with Crippen LogP contribution in [0, 0.1) is 17.1 Å². The molecule has 2 aromatic rings. The molecule has 0 saturated carbocycles. The van der Waals surface area contributed by atoms with Crippen LogP contribution in [0.1, 0.15) is 24.5 Å². The minimum absolute atomic E-state index is 0.246. The van der Waals surface area contributed by atoms with Gasteiger partial charge < -0.3 is 5.32 Å². The topological polar surface area (TPSA) is 61.6 Å². The molecule has 0 aliphatic rings. The molecule has 0 radical (unpaired) electrons. The third kappa shape index (κ3) is 3.03. The first-order chi connectivity index (χ1) is 9.65. The summed E-state index contributed by atoms with van der Waals surface area (Å²) in [7, 11) is 0. The minimum Gasteiger partial charge on any atom is -0.337 e. The number of nitrogens with one attached hydrogen (secondary N) is 1. The first-order valence-corrected chi connectivity index (χ1v) is 6.49. The second-order valence-corrected chi connectivity index (χ2v) is 4.53. The van der Waals surface area contributed by atoms with Gasteiger partial charge >= 0.3 is 0 Å². The van der Waals surface area contributed by atoms with Crippen molar-refractivity contribution in [1.29, 1.82) is 5.26 Å². The molecule has 20 heavy (non-hydrogen) atoms. The fourth-order valence-corrected chi connectivity index (χ4v) is 2.01. The number of anilines is 2. The molecule has 102 valence electrons. The van der Waals surface area contributed by atoms with E-state index >= 15 is 0 Å². The molecule has 1 aromatic heterocycles. The van der Waals surface area contributed by atoms with Crippen molar-refractivity contribution in [3.05, 3.63) is 46.6 Å². The van der Waals surface area contributed by atoms with Gasteiger partial charge in [0, 0.05) is 5.56 Å². The van der Waals surface area contributed by atoms with E-state index in [-0.39, 0.29) is 11.3 Å². The van der Waals surface area contributed by atoms with Crippen LogP contribution in [0.15, 0.2) is 24.5 Å². The molecule has 0 aliphatic carbocycles. The predicted molar refractivity (Wildman–Crippen MR) is 75.4 cm³/mol. The van der Waals surface area contributed by atoms with Crippen molar-refractivity contribution in [2.75, 3.05) is 5.32 Å². The highest BCUT2D eigenvalue weighted by atomic mass is 35.5. The van der Waals surface area contributed by atoms with Gasteiger partial charge in [0.25, 0.3) is 0 Å². The number of nitrogens with zero attached hydrogens (tertiary/aromatic N) is 3. The molecular formula is C14H12ClFN4. The molecule has 0 bridgehead atoms. The Balaban J connectivity index is 2.35. The van der Waals surface area contributed by atoms with E-state index in [2.05, 4.69) is 15.3 Å². The highest BCUT2D eigenvalue weighted by Gasteiger charge is 2.11. The van der Waals surface area contributed by atoms with Crippen molar-refractivity contribution in [2.24, 2.45) is 0 Å². The normalized spacial score (nSPS) is 10.1. The summed E-state index contributed by atoms with van der Waals surface area (Å²) in [6.07, 6.45) is 2.89. The Morgan fingerprint density at radius 3 is 2.85 bits per heavy atom. The van der Waals surface area contributed by atoms with Crippen molar-refractivity contribution in [3.63, 3.8) is 0 Å². The monoisotopic (exact) mass is 290 g/mol. The van der Waals surface area contributed by atoms with Crippen molar-refractivity contribution in [1.82, 2.24) is 9.97 Å². The highest BCUT2D eigenvalue weighted by molar-refractivity contribution is 6.30. The van der Waals surface area contributed by atoms with Gasteiger partial charge in [-0.05, 0) is 24.6 Å². The minimum atomic E-state index is -0.513. The summed E-state index contributed by atoms with van der Waals surface area (Å²) < 4.78 is 13.9. The van der Waals surface area contributed by atoms with Gasteiger partial charge in [-0.15, -0.1) is 0 Å². The van der Waals surface area contributed by atoms with Gasteiger partial charge in [0.05, 0.1) is 17.3 Å². The van der Waals surface area contributed by atoms with Crippen molar-refractivity contribution in [2.45, 2.75) is 19.8 Å². The number of nitriles is 1. The lowest BCUT2D eigenvalue weighted by Crippen LogP contribution is -2.03. The summed E-state index contributed by atoms with van der Waals surface area (Å²) >= 11 is 6.03. The average molecular weight is 291 g/mol. The zero-order valence-corrected chi connectivity index (χ0v) is 11.6. The third-order valence-corrected chi connectivity index (χ3v) is 3.07. The first-order valence-electron chi connectivity index (χ1n) is 6.11. The number of benzene rings is 1. The zero-order chi connectivity index (χ0) is 14.5. The van der Waals surface area contributed by atoms with Gasteiger partial charge in [-0.1, -0.05) is 24.9 Å². The molecule has 1 heterocycles. The second kappa shape index (κ2) is 6.31. The number of hydrogen-bond donors (Lipinski definition) is 1. The van der Waals surface area contributed by atoms with Crippen LogP contribution in [0.5, 0.6) is 0 Å². The maximum absolute atomic E-state index is 13.9. The van der Waals surface area contributed by atoms with E-state index in [4.69, 9.17) is 16.9 Å². The number of halogens is 2. The van der Waals surface area contributed by atoms with Crippen LogP contribution in [0.2, 0.25) is 5.15 Å². The number of rotatable bonds is 4. The van der Waals surface area contributed by atoms with Gasteiger partial charge in [0.2, 0.25) is 0 Å². The van der Waals surface area contributed by atoms with E-state index in [1.54, 1.807) is 0 Å². The van der Waals surface area contributed by atoms with Crippen LogP contribution < -0.4 is 5.32 Å². The molecular weight excluding hydrogens is 279 g/mol. The molecule has 0 fully saturated rings. The van der Waals surface area contributed by atoms with Crippen LogP contribution in [0.25, 0.3) is 0 Å². The zero-order valence-electron chi connectivity index (χ0n) is 10.8. The molecule has 0 atom stereocenters. The van der Waals surface area contributed by atoms with Crippen molar-refractivity contribution < 1.29 is 4.39 Å². The molecule has 2 rings (SSSR count). The Bertz CT molecular complexity index is 667. The summed E-state index contributed by atoms with van der Waals surface area (Å²) in [5, 5.41) is 12.0. The van der Waals surface area contributed by atoms with Crippen LogP contribution >= 0.6 is 11.6 Å². The summed E-state index contributed by atoms with van der Waals surface area (Å²) in [6, 6.07) is 6.09. The number of hydrogen-bond acceptors (Lipinski definition) is 4. The molecule has 1 aromatic carbocycles. The van der Waals surface area contributed by atoms with E-state index in [1.165, 1.54) is 24.5 Å². The molecule has 0 amide bonds. The Morgan fingerprint density at radius 2 is 2.20 bits per heavy atom. The van der Waals surface area contributed by atoms with E-state index < -0.39 is 5.82 Å². The molecule has 0 aliphatic heterocycles. The van der Waals surface area contributed by atoms with Crippen LogP contribution in [-0.4, -0.2) is 9.97 Å². The lowest BCUT2D eigenvalue weighted by atomic mass is 10.1. The quantitative estimate of drug-likeness (QED) is 0.869. The van der Waals surface area contributed by atoms with Crippen LogP contribution in [0.3, 0.4) is 0 Å². The van der Waals surface area contributed by atoms with Gasteiger partial charge in [-0.25, -0.2) is 14.4 Å². The smallest absolute Gasteiger partial charge is 0.147 e. The van der Waals surface area contributed by atoms with E-state index in [0.717, 1.165) is 12.0 Å². The molecule has 4 nitrogen and oxygen atoms in total. The van der Waals surface area contributed by atoms with Crippen molar-refractivity contribution in [3.8, 4) is 6.07 Å². The van der Waals surface area contributed by atoms with Gasteiger partial charge in [-0.3, -0.25) is 0 Å². The van der Waals surface area contributed by atoms with Gasteiger partial charge in [0.15, 0.2) is 0 Å². The molecule has 1 N–H and O–H groups in total. The third-order valence-electron chi connectivity index (χ3n) is 2.74. The highest BCUT2D eigenvalue weighted by Crippen LogP contribution is 2.26. The fraction of sp³-hybridized carbons (Fsp3) is 0.214. The van der Waals surface area contributed by atoms with Gasteiger partial charge in [0.1, 0.15) is 23.1 Å². The Morgan fingerprint density at radius 1 is 1.40 bits per heavy atom. The second-order valence-electron chi connectivity index (χ2n) is 4.17. The summed E-state index contributed by atoms with van der Waals surface area (Å²) in [4.78, 5) is 8.03. The standard InChI is InChI=1S/C14H12ClFN4/c1-2-3-10-13(15)18-8-19-14(10)20-12-5-4-9(7-17)6-11(12)16/h4-6,8H,2-3H2,1H3,(H,18,19,20). The lowest BCUT2D eigenvalue weighted by Gasteiger charge is -2.11. The number of aromatic nitrogens is 2. The molecule has 6 heteroatoms. The molecule has 0 saturated heterocycles. The predicted octanol–water partition coefficient (Wildman–Crippen LogP) is 3.84. The molecule has 0 unspecified atom stereocenters. The summed E-state index contributed by atoms with van der Waals surface area (Å²) in [6.45, 7) is 2.01. The van der Waals surface area contributed by atoms with E-state index in [1.807, 2.05) is 13.0 Å². The summed E-state index contributed by atoms with van der Waals surface area (Å²) in [5.41, 5.74) is 1.26. The average Bonchev–Trinajstić information content (AvgIpc) is 2.44. The first kappa shape index (κ1) is 14.2. The Labute approximate surface area is 121 Å². The Kier molecular flexibility index (Phi) is 4.49. The largest absolute Gasteiger partial charge is 0.337 e. The van der Waals surface area contributed by atoms with E-state index in [0.29, 0.717) is 17.4 Å². The van der Waals surface area contributed by atoms with E-state index in [9.17, 15) is 4.39 Å². The lowest BCUT2D eigenvalue weighted by molar-refractivity contribution is 0.631. The molecule has 0 spiro atoms. The van der Waals surface area contributed by atoms with Crippen LogP contribution in [-0.2, 0) is 6.42 Å². The maximum Gasteiger partial charge on any atom is 0.147 e. The van der Waals surface area contributed by atoms with Gasteiger partial charge in [-0.2, -0.15) is 5.26 Å². The van der Waals surface area contributed by atoms with Crippen LogP contribution in [0.4, 0.5) is 15.9 Å². The van der Waals surface area contributed by atoms with Crippen molar-refractivity contribution >= 4 is 23.1 Å². The SMILES string of the molecule is CCCc1c(Cl)ncnc1Nc1ccc(C#N)cc1F. The fourth-order valence-electron chi connectivity index (χ4n) is 1.78. The Hall–Kier alpha value is -2.19.